The predicted octanol–water partition coefficient (Wildman–Crippen LogP) is 5.17. The average molecular weight is 369 g/mol. The van der Waals surface area contributed by atoms with Crippen molar-refractivity contribution >= 4 is 28.9 Å². The molecule has 0 bridgehead atoms. The zero-order valence-electron chi connectivity index (χ0n) is 15.3. The Morgan fingerprint density at radius 2 is 1.50 bits per heavy atom. The van der Waals surface area contributed by atoms with E-state index in [1.807, 2.05) is 44.2 Å². The molecule has 0 amide bonds. The molecule has 136 valence electrons. The van der Waals surface area contributed by atoms with E-state index in [4.69, 9.17) is 8.83 Å². The molecule has 1 aliphatic carbocycles. The highest BCUT2D eigenvalue weighted by atomic mass is 16.4. The third kappa shape index (κ3) is 2.44. The monoisotopic (exact) mass is 369 g/mol. The molecular weight excluding hydrogens is 354 g/mol. The Bertz CT molecular complexity index is 1230. The number of furan rings is 1. The number of hydrogen-bond donors (Lipinski definition) is 0. The van der Waals surface area contributed by atoms with E-state index in [2.05, 4.69) is 4.98 Å². The molecule has 0 N–H and O–H groups in total. The van der Waals surface area contributed by atoms with E-state index in [0.717, 1.165) is 16.7 Å². The summed E-state index contributed by atoms with van der Waals surface area (Å²) in [6, 6.07) is 14.9. The smallest absolute Gasteiger partial charge is 0.266 e. The molecule has 0 unspecified atom stereocenters. The lowest BCUT2D eigenvalue weighted by Crippen LogP contribution is -2.00. The van der Waals surface area contributed by atoms with Crippen molar-refractivity contribution in [3.63, 3.8) is 0 Å². The number of Topliss-reactive ketones (excluding diaryl/α,β-unsaturated/α-hetero) is 2. The minimum atomic E-state index is -0.303. The van der Waals surface area contributed by atoms with E-state index in [1.54, 1.807) is 18.2 Å². The van der Waals surface area contributed by atoms with Crippen LogP contribution in [0.2, 0.25) is 0 Å². The van der Waals surface area contributed by atoms with Crippen molar-refractivity contribution < 1.29 is 18.4 Å². The van der Waals surface area contributed by atoms with Crippen LogP contribution in [0.5, 0.6) is 0 Å². The lowest BCUT2D eigenvalue weighted by molar-refractivity contribution is 0.0990. The van der Waals surface area contributed by atoms with Gasteiger partial charge in [0, 0.05) is 28.8 Å². The second kappa shape index (κ2) is 5.89. The van der Waals surface area contributed by atoms with Crippen LogP contribution in [0.3, 0.4) is 0 Å². The molecule has 0 aliphatic heterocycles. The number of carbonyl (C=O) groups excluding carboxylic acids is 2. The quantitative estimate of drug-likeness (QED) is 0.360. The Kier molecular flexibility index (Phi) is 3.46. The van der Waals surface area contributed by atoms with E-state index in [9.17, 15) is 9.59 Å². The van der Waals surface area contributed by atoms with E-state index in [1.165, 1.54) is 6.08 Å². The zero-order chi connectivity index (χ0) is 19.4. The molecule has 0 radical (unpaired) electrons. The molecule has 4 aromatic rings. The minimum absolute atomic E-state index is 0.0622. The first-order valence-electron chi connectivity index (χ1n) is 8.89. The fourth-order valence-corrected chi connectivity index (χ4v) is 3.40. The van der Waals surface area contributed by atoms with Crippen molar-refractivity contribution in [1.82, 2.24) is 4.98 Å². The van der Waals surface area contributed by atoms with Crippen LogP contribution < -0.4 is 0 Å². The van der Waals surface area contributed by atoms with Crippen molar-refractivity contribution in [2.24, 2.45) is 0 Å². The minimum Gasteiger partial charge on any atom is -0.435 e. The third-order valence-corrected chi connectivity index (χ3v) is 5.04. The molecule has 0 fully saturated rings. The summed E-state index contributed by atoms with van der Waals surface area (Å²) in [5.41, 5.74) is 4.58. The maximum absolute atomic E-state index is 12.7. The maximum Gasteiger partial charge on any atom is 0.266 e. The number of aryl methyl sites for hydroxylation is 2. The van der Waals surface area contributed by atoms with Gasteiger partial charge in [0.1, 0.15) is 5.76 Å². The van der Waals surface area contributed by atoms with Crippen LogP contribution in [0, 0.1) is 13.8 Å². The van der Waals surface area contributed by atoms with Gasteiger partial charge in [0.05, 0.1) is 5.57 Å². The summed E-state index contributed by atoms with van der Waals surface area (Å²) in [5.74, 6) is 0.213. The van der Waals surface area contributed by atoms with Crippen molar-refractivity contribution in [1.29, 1.82) is 0 Å². The van der Waals surface area contributed by atoms with Crippen LogP contribution in [0.15, 0.2) is 62.9 Å². The highest BCUT2D eigenvalue weighted by molar-refractivity contribution is 6.41. The van der Waals surface area contributed by atoms with Gasteiger partial charge in [-0.15, -0.1) is 0 Å². The molecule has 2 aromatic carbocycles. The van der Waals surface area contributed by atoms with E-state index >= 15 is 0 Å². The number of fused-ring (bicyclic) bond motifs is 2. The van der Waals surface area contributed by atoms with Gasteiger partial charge in [-0.25, -0.2) is 0 Å². The van der Waals surface area contributed by atoms with Crippen molar-refractivity contribution in [2.75, 3.05) is 0 Å². The van der Waals surface area contributed by atoms with Gasteiger partial charge >= 0.3 is 0 Å². The summed E-state index contributed by atoms with van der Waals surface area (Å²) in [5, 5.41) is 0. The molecule has 0 saturated heterocycles. The van der Waals surface area contributed by atoms with Gasteiger partial charge in [-0.1, -0.05) is 30.3 Å². The molecule has 0 atom stereocenters. The molecule has 0 spiro atoms. The van der Waals surface area contributed by atoms with Crippen LogP contribution in [0.4, 0.5) is 0 Å². The Morgan fingerprint density at radius 3 is 2.11 bits per heavy atom. The first kappa shape index (κ1) is 16.4. The first-order chi connectivity index (χ1) is 13.5. The van der Waals surface area contributed by atoms with Gasteiger partial charge in [-0.05, 0) is 37.1 Å². The summed E-state index contributed by atoms with van der Waals surface area (Å²) >= 11 is 0. The third-order valence-electron chi connectivity index (χ3n) is 5.04. The highest BCUT2D eigenvalue weighted by Gasteiger charge is 2.34. The van der Waals surface area contributed by atoms with Crippen molar-refractivity contribution in [3.8, 4) is 11.3 Å². The number of allylic oxidation sites excluding steroid dienone is 1. The highest BCUT2D eigenvalue weighted by Crippen LogP contribution is 2.32. The van der Waals surface area contributed by atoms with Crippen LogP contribution in [0.25, 0.3) is 28.7 Å². The van der Waals surface area contributed by atoms with Crippen LogP contribution in [0.1, 0.15) is 37.7 Å². The summed E-state index contributed by atoms with van der Waals surface area (Å²) < 4.78 is 11.4. The molecule has 0 saturated carbocycles. The van der Waals surface area contributed by atoms with Gasteiger partial charge in [-0.2, -0.15) is 4.98 Å². The number of hydrogen-bond acceptors (Lipinski definition) is 5. The molecule has 2 heterocycles. The Labute approximate surface area is 160 Å². The van der Waals surface area contributed by atoms with Gasteiger partial charge in [-0.3, -0.25) is 9.59 Å². The SMILES string of the molecule is Cc1cc2c(cc1C)C(=O)C(=Cc1nc3oc(-c4ccccc4)cc3o1)C2=O. The summed E-state index contributed by atoms with van der Waals surface area (Å²) in [7, 11) is 0. The number of oxazole rings is 1. The normalized spacial score (nSPS) is 13.4. The average Bonchev–Trinajstić information content (AvgIpc) is 3.31. The fourth-order valence-electron chi connectivity index (χ4n) is 3.40. The first-order valence-corrected chi connectivity index (χ1v) is 8.89. The largest absolute Gasteiger partial charge is 0.435 e. The summed E-state index contributed by atoms with van der Waals surface area (Å²) in [4.78, 5) is 29.6. The van der Waals surface area contributed by atoms with Gasteiger partial charge < -0.3 is 8.83 Å². The molecule has 5 heteroatoms. The molecular formula is C23H15NO4. The topological polar surface area (TPSA) is 73.3 Å². The number of carbonyl (C=O) groups is 2. The second-order valence-corrected chi connectivity index (χ2v) is 6.90. The zero-order valence-corrected chi connectivity index (χ0v) is 15.3. The summed E-state index contributed by atoms with van der Waals surface area (Å²) in [6.07, 6.45) is 1.40. The second-order valence-electron chi connectivity index (χ2n) is 6.90. The van der Waals surface area contributed by atoms with Gasteiger partial charge in [0.15, 0.2) is 17.1 Å². The summed E-state index contributed by atoms with van der Waals surface area (Å²) in [6.45, 7) is 3.84. The number of aromatic nitrogens is 1. The maximum atomic E-state index is 12.7. The molecule has 5 rings (SSSR count). The molecule has 2 aromatic heterocycles. The lowest BCUT2D eigenvalue weighted by Gasteiger charge is -2.01. The number of benzene rings is 2. The Hall–Kier alpha value is -3.73. The number of nitrogens with zero attached hydrogens (tertiary/aromatic N) is 1. The van der Waals surface area contributed by atoms with E-state index < -0.39 is 0 Å². The van der Waals surface area contributed by atoms with Gasteiger partial charge in [0.25, 0.3) is 5.71 Å². The fraction of sp³-hybridized carbons (Fsp3) is 0.0870. The van der Waals surface area contributed by atoms with Crippen molar-refractivity contribution in [3.05, 3.63) is 82.2 Å². The Balaban J connectivity index is 1.53. The number of rotatable bonds is 2. The number of ketones is 2. The molecule has 28 heavy (non-hydrogen) atoms. The lowest BCUT2D eigenvalue weighted by atomic mass is 10.0. The predicted molar refractivity (Wildman–Crippen MR) is 104 cm³/mol. The van der Waals surface area contributed by atoms with E-state index in [-0.39, 0.29) is 23.0 Å². The molecule has 1 aliphatic rings. The molecule has 5 nitrogen and oxygen atoms in total. The van der Waals surface area contributed by atoms with E-state index in [0.29, 0.717) is 28.2 Å². The van der Waals surface area contributed by atoms with Crippen LogP contribution >= 0.6 is 0 Å². The Morgan fingerprint density at radius 1 is 0.857 bits per heavy atom. The van der Waals surface area contributed by atoms with Crippen LogP contribution in [-0.4, -0.2) is 16.6 Å². The standard InChI is InChI=1S/C23H15NO4/c1-12-8-15-16(9-13(12)2)22(26)17(21(15)25)10-20-24-23-19(27-20)11-18(28-23)14-6-4-3-5-7-14/h3-11H,1-2H3. The van der Waals surface area contributed by atoms with Gasteiger partial charge in [0.2, 0.25) is 5.89 Å². The van der Waals surface area contributed by atoms with Crippen LogP contribution in [-0.2, 0) is 0 Å². The van der Waals surface area contributed by atoms with Crippen molar-refractivity contribution in [2.45, 2.75) is 13.8 Å².